The molecule has 0 bridgehead atoms. The van der Waals surface area contributed by atoms with Crippen molar-refractivity contribution in [1.82, 2.24) is 20.0 Å². The Morgan fingerprint density at radius 2 is 1.77 bits per heavy atom. The van der Waals surface area contributed by atoms with Crippen LogP contribution < -0.4 is 5.32 Å². The van der Waals surface area contributed by atoms with Crippen molar-refractivity contribution >= 4 is 23.8 Å². The van der Waals surface area contributed by atoms with E-state index in [2.05, 4.69) is 36.5 Å². The lowest BCUT2D eigenvalue weighted by Crippen LogP contribution is -2.56. The van der Waals surface area contributed by atoms with Crippen molar-refractivity contribution in [2.45, 2.75) is 103 Å². The molecule has 4 rings (SSSR count). The normalized spacial score (nSPS) is 23.1. The molecule has 3 atom stereocenters. The van der Waals surface area contributed by atoms with Gasteiger partial charge in [-0.25, -0.2) is 4.79 Å². The van der Waals surface area contributed by atoms with E-state index in [0.29, 0.717) is 38.9 Å². The topological polar surface area (TPSA) is 99.3 Å². The Hall–Kier alpha value is -3.62. The largest absolute Gasteiger partial charge is 0.459 e. The predicted molar refractivity (Wildman–Crippen MR) is 166 cm³/mol. The first-order chi connectivity index (χ1) is 20.4. The molecule has 1 N–H and O–H groups in total. The van der Waals surface area contributed by atoms with Crippen LogP contribution in [0.15, 0.2) is 48.6 Å². The molecule has 0 radical (unpaired) electrons. The summed E-state index contributed by atoms with van der Waals surface area (Å²) >= 11 is 0. The second-order valence-electron chi connectivity index (χ2n) is 13.1. The summed E-state index contributed by atoms with van der Waals surface area (Å²) in [4.78, 5) is 58.1. The third-order valence-corrected chi connectivity index (χ3v) is 8.70. The molecule has 0 spiro atoms. The zero-order valence-electron chi connectivity index (χ0n) is 26.4. The zero-order chi connectivity index (χ0) is 31.1. The minimum atomic E-state index is -0.712. The molecule has 234 valence electrons. The monoisotopic (exact) mass is 592 g/mol. The number of aryl methyl sites for hydroxylation is 1. The van der Waals surface area contributed by atoms with E-state index in [1.807, 2.05) is 50.0 Å². The third-order valence-electron chi connectivity index (χ3n) is 8.70. The molecule has 43 heavy (non-hydrogen) atoms. The van der Waals surface area contributed by atoms with Crippen molar-refractivity contribution in [1.29, 1.82) is 0 Å². The van der Waals surface area contributed by atoms with Gasteiger partial charge in [-0.2, -0.15) is 0 Å². The van der Waals surface area contributed by atoms with Crippen LogP contribution in [-0.4, -0.2) is 81.9 Å². The first-order valence-corrected chi connectivity index (χ1v) is 15.7. The number of nitrogens with one attached hydrogen (secondary N) is 1. The summed E-state index contributed by atoms with van der Waals surface area (Å²) in [5, 5.41) is 3.00. The lowest BCUT2D eigenvalue weighted by molar-refractivity contribution is -0.160. The van der Waals surface area contributed by atoms with E-state index in [-0.39, 0.29) is 42.4 Å². The highest BCUT2D eigenvalue weighted by molar-refractivity contribution is 5.90. The van der Waals surface area contributed by atoms with Gasteiger partial charge in [0.2, 0.25) is 11.8 Å². The van der Waals surface area contributed by atoms with E-state index in [1.165, 1.54) is 0 Å². The first-order valence-electron chi connectivity index (χ1n) is 15.7. The average molecular weight is 593 g/mol. The summed E-state index contributed by atoms with van der Waals surface area (Å²) in [5.41, 5.74) is 1.61. The maximum absolute atomic E-state index is 13.9. The van der Waals surface area contributed by atoms with Crippen LogP contribution in [0.4, 0.5) is 4.79 Å². The van der Waals surface area contributed by atoms with E-state index in [4.69, 9.17) is 4.74 Å². The van der Waals surface area contributed by atoms with Gasteiger partial charge in [-0.05, 0) is 77.3 Å². The Bertz CT molecular complexity index is 1230. The van der Waals surface area contributed by atoms with E-state index in [1.54, 1.807) is 16.7 Å². The van der Waals surface area contributed by atoms with Crippen molar-refractivity contribution in [3.63, 3.8) is 0 Å². The van der Waals surface area contributed by atoms with Gasteiger partial charge in [0.1, 0.15) is 18.2 Å². The molecular formula is C34H48N4O5. The van der Waals surface area contributed by atoms with Crippen LogP contribution in [-0.2, 0) is 25.7 Å². The van der Waals surface area contributed by atoms with E-state index in [0.717, 1.165) is 30.4 Å². The first kappa shape index (κ1) is 32.3. The zero-order valence-corrected chi connectivity index (χ0v) is 26.4. The summed E-state index contributed by atoms with van der Waals surface area (Å²) in [6, 6.07) is 6.99. The Kier molecular flexibility index (Phi) is 10.7. The highest BCUT2D eigenvalue weighted by atomic mass is 16.6. The number of nitrogens with zero attached hydrogens (tertiary/aromatic N) is 3. The van der Waals surface area contributed by atoms with Gasteiger partial charge >= 0.3 is 12.0 Å². The van der Waals surface area contributed by atoms with Gasteiger partial charge in [-0.15, -0.1) is 0 Å². The predicted octanol–water partition coefficient (Wildman–Crippen LogP) is 4.74. The lowest BCUT2D eigenvalue weighted by Gasteiger charge is -2.39. The summed E-state index contributed by atoms with van der Waals surface area (Å²) in [5.74, 6) is -0.552. The van der Waals surface area contributed by atoms with E-state index in [9.17, 15) is 19.2 Å². The smallest absolute Gasteiger partial charge is 0.326 e. The molecule has 4 amide bonds. The fourth-order valence-corrected chi connectivity index (χ4v) is 6.44. The number of hydrogen-bond donors (Lipinski definition) is 1. The van der Waals surface area contributed by atoms with Crippen LogP contribution >= 0.6 is 0 Å². The van der Waals surface area contributed by atoms with Crippen LogP contribution in [0.1, 0.15) is 77.3 Å². The van der Waals surface area contributed by atoms with Crippen LogP contribution in [0.5, 0.6) is 0 Å². The number of ether oxygens (including phenoxy) is 1. The maximum Gasteiger partial charge on any atom is 0.326 e. The van der Waals surface area contributed by atoms with Crippen LogP contribution in [0.2, 0.25) is 0 Å². The Balaban J connectivity index is 1.40. The maximum atomic E-state index is 13.9. The quantitative estimate of drug-likeness (QED) is 0.461. The Morgan fingerprint density at radius 3 is 2.40 bits per heavy atom. The van der Waals surface area contributed by atoms with E-state index >= 15 is 0 Å². The SMILES string of the molecule is CC(=O)N(Cc1ccccc1C)C1CCN(C(=O)N[C@@H]2CCC[C@H](C3C=CC=CC3)N(CC(=O)OC(C)(C)C)C2=O)CC1. The molecule has 9 heteroatoms. The molecule has 1 aromatic rings. The Morgan fingerprint density at radius 1 is 1.05 bits per heavy atom. The molecule has 0 aromatic heterocycles. The van der Waals surface area contributed by atoms with Gasteiger partial charge in [-0.3, -0.25) is 14.4 Å². The Labute approximate surface area is 256 Å². The van der Waals surface area contributed by atoms with Crippen molar-refractivity contribution in [3.8, 4) is 0 Å². The number of rotatable bonds is 7. The number of benzene rings is 1. The summed E-state index contributed by atoms with van der Waals surface area (Å²) in [7, 11) is 0. The third kappa shape index (κ3) is 8.71. The minimum absolute atomic E-state index is 0.0261. The molecule has 1 aromatic carbocycles. The fraction of sp³-hybridized carbons (Fsp3) is 0.588. The van der Waals surface area contributed by atoms with Crippen LogP contribution in [0, 0.1) is 12.8 Å². The molecule has 2 saturated heterocycles. The summed E-state index contributed by atoms with van der Waals surface area (Å²) < 4.78 is 5.58. The van der Waals surface area contributed by atoms with Gasteiger partial charge < -0.3 is 24.8 Å². The number of carbonyl (C=O) groups is 4. The molecule has 3 aliphatic rings. The van der Waals surface area contributed by atoms with Gasteiger partial charge in [0.15, 0.2) is 0 Å². The fourth-order valence-electron chi connectivity index (χ4n) is 6.44. The number of urea groups is 1. The average Bonchev–Trinajstić information content (AvgIpc) is 3.10. The van der Waals surface area contributed by atoms with E-state index < -0.39 is 17.6 Å². The van der Waals surface area contributed by atoms with Crippen molar-refractivity contribution in [2.24, 2.45) is 5.92 Å². The second kappa shape index (κ2) is 14.2. The lowest BCUT2D eigenvalue weighted by atomic mass is 9.89. The van der Waals surface area contributed by atoms with Gasteiger partial charge in [0.05, 0.1) is 0 Å². The second-order valence-corrected chi connectivity index (χ2v) is 13.1. The number of allylic oxidation sites excluding steroid dienone is 3. The van der Waals surface area contributed by atoms with Crippen LogP contribution in [0.3, 0.4) is 0 Å². The van der Waals surface area contributed by atoms with Crippen LogP contribution in [0.25, 0.3) is 0 Å². The summed E-state index contributed by atoms with van der Waals surface area (Å²) in [6.07, 6.45) is 12.3. The van der Waals surface area contributed by atoms with Gasteiger partial charge in [0, 0.05) is 44.6 Å². The number of piperidine rings is 1. The molecular weight excluding hydrogens is 544 g/mol. The number of hydrogen-bond acceptors (Lipinski definition) is 5. The standard InChI is InChI=1S/C34H48N4O5/c1-24-12-9-10-15-27(24)22-37(25(2)39)28-18-20-36(21-19-28)33(42)35-29-16-11-17-30(26-13-7-6-8-14-26)38(32(29)41)23-31(40)43-34(3,4)5/h6-10,12-13,15,26,28-30H,11,14,16-23H2,1-5H3,(H,35,42)/t26?,29-,30-/m1/s1. The molecule has 2 aliphatic heterocycles. The van der Waals surface area contributed by atoms with Gasteiger partial charge in [-0.1, -0.05) is 48.6 Å². The molecule has 1 unspecified atom stereocenters. The van der Waals surface area contributed by atoms with Gasteiger partial charge in [0.25, 0.3) is 0 Å². The highest BCUT2D eigenvalue weighted by Gasteiger charge is 2.39. The number of carbonyl (C=O) groups excluding carboxylic acids is 4. The molecule has 2 heterocycles. The van der Waals surface area contributed by atoms with Crippen molar-refractivity contribution in [3.05, 3.63) is 59.7 Å². The summed E-state index contributed by atoms with van der Waals surface area (Å²) in [6.45, 7) is 10.5. The molecule has 2 fully saturated rings. The van der Waals surface area contributed by atoms with Crippen molar-refractivity contribution in [2.75, 3.05) is 19.6 Å². The molecule has 0 saturated carbocycles. The number of amides is 4. The number of likely N-dealkylation sites (tertiary alicyclic amines) is 2. The number of esters is 1. The minimum Gasteiger partial charge on any atom is -0.459 e. The molecule has 9 nitrogen and oxygen atoms in total. The molecule has 1 aliphatic carbocycles. The highest BCUT2D eigenvalue weighted by Crippen LogP contribution is 2.29. The van der Waals surface area contributed by atoms with Crippen molar-refractivity contribution < 1.29 is 23.9 Å².